The van der Waals surface area contributed by atoms with Gasteiger partial charge in [0.25, 0.3) is 5.91 Å². The van der Waals surface area contributed by atoms with E-state index in [4.69, 9.17) is 14.1 Å². The summed E-state index contributed by atoms with van der Waals surface area (Å²) in [6, 6.07) is 13.9. The third-order valence-electron chi connectivity index (χ3n) is 7.34. The van der Waals surface area contributed by atoms with Gasteiger partial charge in [-0.15, -0.1) is 0 Å². The van der Waals surface area contributed by atoms with Gasteiger partial charge in [0.2, 0.25) is 0 Å². The molecule has 0 aliphatic carbocycles. The second-order valence-corrected chi connectivity index (χ2v) is 10.1. The van der Waals surface area contributed by atoms with E-state index in [0.717, 1.165) is 70.0 Å². The maximum absolute atomic E-state index is 13.0. The molecule has 7 rings (SSSR count). The highest BCUT2D eigenvalue weighted by Gasteiger charge is 2.28. The van der Waals surface area contributed by atoms with E-state index in [2.05, 4.69) is 31.0 Å². The molecule has 2 aliphatic heterocycles. The normalized spacial score (nSPS) is 17.0. The first-order valence-electron chi connectivity index (χ1n) is 12.9. The van der Waals surface area contributed by atoms with E-state index in [9.17, 15) is 4.79 Å². The molecule has 2 aliphatic rings. The fourth-order valence-electron chi connectivity index (χ4n) is 5.65. The zero-order chi connectivity index (χ0) is 25.8. The minimum Gasteiger partial charge on any atom is -0.463 e. The van der Waals surface area contributed by atoms with E-state index < -0.39 is 0 Å². The molecule has 1 aromatic carbocycles. The molecule has 0 radical (unpaired) electrons. The van der Waals surface area contributed by atoms with Crippen LogP contribution in [0.2, 0.25) is 0 Å². The zero-order valence-corrected chi connectivity index (χ0v) is 21.3. The summed E-state index contributed by atoms with van der Waals surface area (Å²) in [7, 11) is 4.07. The van der Waals surface area contributed by atoms with Crippen molar-refractivity contribution in [3.8, 4) is 11.3 Å². The number of amides is 1. The SMILES string of the molecule is CN(C)Cc1nc(Nc2ccc(-c3cnc4ccc5occc5n34)c3c2C(=O)NC3)ccc1[C@H]1CCCO1. The molecule has 2 N–H and O–H groups in total. The van der Waals surface area contributed by atoms with Crippen LogP contribution in [0.5, 0.6) is 0 Å². The maximum atomic E-state index is 13.0. The van der Waals surface area contributed by atoms with Crippen molar-refractivity contribution >= 4 is 34.2 Å². The predicted molar refractivity (Wildman–Crippen MR) is 144 cm³/mol. The fraction of sp³-hybridized carbons (Fsp3) is 0.276. The molecular weight excluding hydrogens is 480 g/mol. The predicted octanol–water partition coefficient (Wildman–Crippen LogP) is 5.04. The Morgan fingerprint density at radius 3 is 2.92 bits per heavy atom. The van der Waals surface area contributed by atoms with Crippen LogP contribution in [-0.4, -0.2) is 45.9 Å². The van der Waals surface area contributed by atoms with E-state index >= 15 is 0 Å². The molecule has 1 fully saturated rings. The van der Waals surface area contributed by atoms with Gasteiger partial charge in [-0.2, -0.15) is 0 Å². The quantitative estimate of drug-likeness (QED) is 0.332. The van der Waals surface area contributed by atoms with Crippen molar-refractivity contribution in [2.75, 3.05) is 26.0 Å². The van der Waals surface area contributed by atoms with E-state index in [1.165, 1.54) is 0 Å². The van der Waals surface area contributed by atoms with Crippen molar-refractivity contribution in [3.63, 3.8) is 0 Å². The number of carbonyl (C=O) groups excluding carboxylic acids is 1. The molecule has 0 spiro atoms. The number of nitrogens with one attached hydrogen (secondary N) is 2. The number of hydrogen-bond acceptors (Lipinski definition) is 7. The first kappa shape index (κ1) is 22.9. The van der Waals surface area contributed by atoms with Gasteiger partial charge in [-0.3, -0.25) is 9.20 Å². The molecule has 1 atom stereocenters. The minimum absolute atomic E-state index is 0.0907. The Morgan fingerprint density at radius 1 is 1.16 bits per heavy atom. The Bertz CT molecular complexity index is 1700. The molecule has 0 saturated carbocycles. The number of nitrogens with zero attached hydrogens (tertiary/aromatic N) is 4. The standard InChI is InChI=1S/C29H28N6O3/c1-34(2)16-21-18(24-4-3-12-37-24)6-9-26(33-21)32-20-7-5-17(19-14-31-29(36)28(19)20)23-15-30-27-10-8-25-22(35(23)27)11-13-38-25/h5-11,13,15,24H,3-4,12,14,16H2,1-2H3,(H,31,36)(H,32,33)/t24-/m1/s1. The van der Waals surface area contributed by atoms with Crippen molar-refractivity contribution in [1.82, 2.24) is 24.6 Å². The van der Waals surface area contributed by atoms with E-state index in [0.29, 0.717) is 24.5 Å². The number of furan rings is 1. The highest BCUT2D eigenvalue weighted by atomic mass is 16.5. The molecular formula is C29H28N6O3. The average molecular weight is 509 g/mol. The second-order valence-electron chi connectivity index (χ2n) is 10.1. The lowest BCUT2D eigenvalue weighted by Gasteiger charge is -2.19. The molecule has 5 aromatic rings. The number of aromatic nitrogens is 3. The second kappa shape index (κ2) is 8.97. The summed E-state index contributed by atoms with van der Waals surface area (Å²) in [5, 5.41) is 6.44. The molecule has 9 heteroatoms. The number of pyridine rings is 2. The van der Waals surface area contributed by atoms with Crippen LogP contribution in [-0.2, 0) is 17.8 Å². The number of fused-ring (bicyclic) bond motifs is 4. The number of benzene rings is 1. The monoisotopic (exact) mass is 508 g/mol. The smallest absolute Gasteiger partial charge is 0.254 e. The van der Waals surface area contributed by atoms with Gasteiger partial charge in [-0.05, 0) is 56.8 Å². The number of rotatable bonds is 6. The Kier molecular flexibility index (Phi) is 5.41. The number of imidazole rings is 1. The Balaban J connectivity index is 1.29. The summed E-state index contributed by atoms with van der Waals surface area (Å²) in [6.07, 6.45) is 5.70. The van der Waals surface area contributed by atoms with Crippen LogP contribution < -0.4 is 10.6 Å². The largest absolute Gasteiger partial charge is 0.463 e. The van der Waals surface area contributed by atoms with Gasteiger partial charge in [0, 0.05) is 36.9 Å². The summed E-state index contributed by atoms with van der Waals surface area (Å²) < 4.78 is 13.6. The van der Waals surface area contributed by atoms with Crippen molar-refractivity contribution < 1.29 is 13.9 Å². The molecule has 4 aromatic heterocycles. The highest BCUT2D eigenvalue weighted by Crippen LogP contribution is 2.37. The third-order valence-corrected chi connectivity index (χ3v) is 7.34. The van der Waals surface area contributed by atoms with Gasteiger partial charge in [0.1, 0.15) is 11.5 Å². The van der Waals surface area contributed by atoms with Crippen LogP contribution in [0.4, 0.5) is 11.5 Å². The summed E-state index contributed by atoms with van der Waals surface area (Å²) in [5.41, 5.74) is 8.85. The van der Waals surface area contributed by atoms with Crippen molar-refractivity contribution in [1.29, 1.82) is 0 Å². The minimum atomic E-state index is -0.101. The Morgan fingerprint density at radius 2 is 2.08 bits per heavy atom. The molecule has 0 unspecified atom stereocenters. The Hall–Kier alpha value is -4.21. The van der Waals surface area contributed by atoms with E-state index in [1.807, 2.05) is 56.7 Å². The first-order valence-corrected chi connectivity index (χ1v) is 12.9. The summed E-state index contributed by atoms with van der Waals surface area (Å²) >= 11 is 0. The van der Waals surface area contributed by atoms with Gasteiger partial charge >= 0.3 is 0 Å². The maximum Gasteiger partial charge on any atom is 0.254 e. The molecule has 1 amide bonds. The van der Waals surface area contributed by atoms with Gasteiger partial charge < -0.3 is 24.7 Å². The van der Waals surface area contributed by atoms with Gasteiger partial charge in [-0.25, -0.2) is 9.97 Å². The van der Waals surface area contributed by atoms with Crippen molar-refractivity contribution in [2.45, 2.75) is 32.0 Å². The number of anilines is 2. The average Bonchev–Trinajstić information content (AvgIpc) is 3.70. The zero-order valence-electron chi connectivity index (χ0n) is 21.3. The molecule has 38 heavy (non-hydrogen) atoms. The van der Waals surface area contributed by atoms with Crippen LogP contribution in [0, 0.1) is 0 Å². The molecule has 0 bridgehead atoms. The number of ether oxygens (including phenoxy) is 1. The highest BCUT2D eigenvalue weighted by molar-refractivity contribution is 6.06. The summed E-state index contributed by atoms with van der Waals surface area (Å²) in [4.78, 5) is 24.7. The van der Waals surface area contributed by atoms with Crippen LogP contribution in [0.1, 0.15) is 46.1 Å². The third kappa shape index (κ3) is 3.74. The lowest BCUT2D eigenvalue weighted by molar-refractivity contribution is 0.0966. The number of carbonyl (C=O) groups is 1. The topological polar surface area (TPSA) is 96.9 Å². The number of hydrogen-bond donors (Lipinski definition) is 2. The molecule has 9 nitrogen and oxygen atoms in total. The fourth-order valence-corrected chi connectivity index (χ4v) is 5.65. The lowest BCUT2D eigenvalue weighted by atomic mass is 9.99. The van der Waals surface area contributed by atoms with Crippen LogP contribution in [0.15, 0.2) is 59.3 Å². The van der Waals surface area contributed by atoms with Crippen LogP contribution >= 0.6 is 0 Å². The molecule has 6 heterocycles. The van der Waals surface area contributed by atoms with Gasteiger partial charge in [0.15, 0.2) is 5.58 Å². The van der Waals surface area contributed by atoms with Gasteiger partial charge in [0.05, 0.1) is 46.7 Å². The van der Waals surface area contributed by atoms with Gasteiger partial charge in [-0.1, -0.05) is 12.1 Å². The lowest BCUT2D eigenvalue weighted by Crippen LogP contribution is -2.16. The van der Waals surface area contributed by atoms with Crippen LogP contribution in [0.3, 0.4) is 0 Å². The van der Waals surface area contributed by atoms with E-state index in [-0.39, 0.29) is 12.0 Å². The molecule has 192 valence electrons. The van der Waals surface area contributed by atoms with Crippen LogP contribution in [0.25, 0.3) is 28.0 Å². The van der Waals surface area contributed by atoms with Crippen molar-refractivity contribution in [3.05, 3.63) is 77.3 Å². The first-order chi connectivity index (χ1) is 18.6. The van der Waals surface area contributed by atoms with Crippen molar-refractivity contribution in [2.24, 2.45) is 0 Å². The van der Waals surface area contributed by atoms with E-state index in [1.54, 1.807) is 6.26 Å². The summed E-state index contributed by atoms with van der Waals surface area (Å²) in [5.74, 6) is 0.601. The Labute approximate surface area is 219 Å². The summed E-state index contributed by atoms with van der Waals surface area (Å²) in [6.45, 7) is 1.95. The molecule has 1 saturated heterocycles.